The van der Waals surface area contributed by atoms with Crippen LogP contribution in [0.4, 0.5) is 5.69 Å². The van der Waals surface area contributed by atoms with E-state index in [1.54, 1.807) is 24.5 Å². The zero-order chi connectivity index (χ0) is 15.5. The Morgan fingerprint density at radius 1 is 1.24 bits per heavy atom. The predicted molar refractivity (Wildman–Crippen MR) is 80.3 cm³/mol. The summed E-state index contributed by atoms with van der Waals surface area (Å²) in [7, 11) is -0.636. The minimum atomic E-state index is -3.61. The second-order valence-corrected chi connectivity index (χ2v) is 6.57. The molecule has 2 aromatic rings. The van der Waals surface area contributed by atoms with Crippen LogP contribution in [0.3, 0.4) is 0 Å². The minimum Gasteiger partial charge on any atom is -0.495 e. The quantitative estimate of drug-likeness (QED) is 0.846. The summed E-state index contributed by atoms with van der Waals surface area (Å²) < 4.78 is 31.4. The van der Waals surface area contributed by atoms with Crippen molar-refractivity contribution in [3.05, 3.63) is 48.3 Å². The molecule has 0 saturated heterocycles. The average molecular weight is 307 g/mol. The first-order valence-electron chi connectivity index (χ1n) is 6.24. The molecule has 2 rings (SSSR count). The molecule has 1 aromatic heterocycles. The highest BCUT2D eigenvalue weighted by Gasteiger charge is 2.22. The van der Waals surface area contributed by atoms with Gasteiger partial charge in [0.1, 0.15) is 5.75 Å². The molecule has 0 unspecified atom stereocenters. The van der Waals surface area contributed by atoms with Crippen LogP contribution >= 0.6 is 0 Å². The monoisotopic (exact) mass is 307 g/mol. The summed E-state index contributed by atoms with van der Waals surface area (Å²) >= 11 is 0. The van der Waals surface area contributed by atoms with E-state index in [0.29, 0.717) is 11.4 Å². The molecule has 1 heterocycles. The standard InChI is InChI=1S/C14H17N3O3S/c1-17(10-11-5-7-16-8-6-11)21(18,19)12-3-4-13(15)14(9-12)20-2/h3-9H,10,15H2,1-2H3. The number of benzene rings is 1. The highest BCUT2D eigenvalue weighted by molar-refractivity contribution is 7.89. The Labute approximate surface area is 124 Å². The maximum atomic E-state index is 12.5. The van der Waals surface area contributed by atoms with E-state index in [1.807, 2.05) is 0 Å². The first-order chi connectivity index (χ1) is 9.95. The number of anilines is 1. The van der Waals surface area contributed by atoms with E-state index in [9.17, 15) is 8.42 Å². The molecule has 1 aromatic carbocycles. The number of rotatable bonds is 5. The lowest BCUT2D eigenvalue weighted by molar-refractivity contribution is 0.414. The van der Waals surface area contributed by atoms with Crippen LogP contribution in [0.1, 0.15) is 5.56 Å². The van der Waals surface area contributed by atoms with Gasteiger partial charge in [0.15, 0.2) is 0 Å². The molecule has 0 aliphatic heterocycles. The fourth-order valence-electron chi connectivity index (χ4n) is 1.86. The van der Waals surface area contributed by atoms with Crippen molar-refractivity contribution in [2.75, 3.05) is 19.9 Å². The smallest absolute Gasteiger partial charge is 0.243 e. The van der Waals surface area contributed by atoms with Gasteiger partial charge in [-0.25, -0.2) is 8.42 Å². The molecule has 0 atom stereocenters. The van der Waals surface area contributed by atoms with Gasteiger partial charge in [-0.1, -0.05) is 0 Å². The number of methoxy groups -OCH3 is 1. The van der Waals surface area contributed by atoms with Crippen LogP contribution in [0.15, 0.2) is 47.6 Å². The van der Waals surface area contributed by atoms with E-state index in [2.05, 4.69) is 4.98 Å². The van der Waals surface area contributed by atoms with Gasteiger partial charge in [-0.3, -0.25) is 4.98 Å². The fraction of sp³-hybridized carbons (Fsp3) is 0.214. The Morgan fingerprint density at radius 3 is 2.52 bits per heavy atom. The molecule has 2 N–H and O–H groups in total. The summed E-state index contributed by atoms with van der Waals surface area (Å²) in [6.45, 7) is 0.261. The van der Waals surface area contributed by atoms with Crippen molar-refractivity contribution in [1.29, 1.82) is 0 Å². The number of hydrogen-bond acceptors (Lipinski definition) is 5. The molecular weight excluding hydrogens is 290 g/mol. The predicted octanol–water partition coefficient (Wildman–Crippen LogP) is 1.49. The molecule has 112 valence electrons. The average Bonchev–Trinajstić information content (AvgIpc) is 2.48. The van der Waals surface area contributed by atoms with Crippen LogP contribution < -0.4 is 10.5 Å². The number of ether oxygens (including phenoxy) is 1. The van der Waals surface area contributed by atoms with Gasteiger partial charge in [-0.15, -0.1) is 0 Å². The first kappa shape index (κ1) is 15.3. The second-order valence-electron chi connectivity index (χ2n) is 4.52. The van der Waals surface area contributed by atoms with Crippen molar-refractivity contribution < 1.29 is 13.2 Å². The first-order valence-corrected chi connectivity index (χ1v) is 7.68. The van der Waals surface area contributed by atoms with Gasteiger partial charge < -0.3 is 10.5 Å². The SMILES string of the molecule is COc1cc(S(=O)(=O)N(C)Cc2ccncc2)ccc1N. The van der Waals surface area contributed by atoms with Crippen molar-refractivity contribution in [1.82, 2.24) is 9.29 Å². The van der Waals surface area contributed by atoms with E-state index in [-0.39, 0.29) is 11.4 Å². The van der Waals surface area contributed by atoms with Crippen LogP contribution in [0.25, 0.3) is 0 Å². The van der Waals surface area contributed by atoms with Crippen LogP contribution in [0, 0.1) is 0 Å². The summed E-state index contributed by atoms with van der Waals surface area (Å²) in [5, 5.41) is 0. The number of nitrogens with zero attached hydrogens (tertiary/aromatic N) is 2. The number of pyridine rings is 1. The third kappa shape index (κ3) is 3.32. The molecule has 0 spiro atoms. The van der Waals surface area contributed by atoms with Gasteiger partial charge in [-0.05, 0) is 29.8 Å². The highest BCUT2D eigenvalue weighted by Crippen LogP contribution is 2.26. The number of aromatic nitrogens is 1. The van der Waals surface area contributed by atoms with Crippen LogP contribution in [0.5, 0.6) is 5.75 Å². The topological polar surface area (TPSA) is 85.5 Å². The molecule has 0 radical (unpaired) electrons. The zero-order valence-electron chi connectivity index (χ0n) is 11.9. The summed E-state index contributed by atoms with van der Waals surface area (Å²) in [5.41, 5.74) is 6.96. The molecule has 0 aliphatic carbocycles. The van der Waals surface area contributed by atoms with E-state index in [4.69, 9.17) is 10.5 Å². The maximum Gasteiger partial charge on any atom is 0.243 e. The lowest BCUT2D eigenvalue weighted by Crippen LogP contribution is -2.26. The molecule has 7 heteroatoms. The Balaban J connectivity index is 2.29. The van der Waals surface area contributed by atoms with E-state index >= 15 is 0 Å². The van der Waals surface area contributed by atoms with Crippen molar-refractivity contribution in [2.45, 2.75) is 11.4 Å². The number of nitrogens with two attached hydrogens (primary N) is 1. The molecule has 0 fully saturated rings. The fourth-order valence-corrected chi connectivity index (χ4v) is 3.04. The Hall–Kier alpha value is -2.12. The molecular formula is C14H17N3O3S. The van der Waals surface area contributed by atoms with E-state index < -0.39 is 10.0 Å². The van der Waals surface area contributed by atoms with Crippen molar-refractivity contribution >= 4 is 15.7 Å². The van der Waals surface area contributed by atoms with Crippen LogP contribution in [-0.2, 0) is 16.6 Å². The normalized spacial score (nSPS) is 11.6. The second kappa shape index (κ2) is 6.11. The van der Waals surface area contributed by atoms with E-state index in [0.717, 1.165) is 5.56 Å². The lowest BCUT2D eigenvalue weighted by Gasteiger charge is -2.18. The summed E-state index contributed by atoms with van der Waals surface area (Å²) in [5.74, 6) is 0.341. The lowest BCUT2D eigenvalue weighted by atomic mass is 10.3. The Bertz CT molecular complexity index is 717. The molecule has 21 heavy (non-hydrogen) atoms. The van der Waals surface area contributed by atoms with Gasteiger partial charge in [0.05, 0.1) is 17.7 Å². The number of nitrogen functional groups attached to an aromatic ring is 1. The molecule has 0 amide bonds. The highest BCUT2D eigenvalue weighted by atomic mass is 32.2. The Morgan fingerprint density at radius 2 is 1.90 bits per heavy atom. The van der Waals surface area contributed by atoms with Crippen molar-refractivity contribution in [2.24, 2.45) is 0 Å². The number of sulfonamides is 1. The van der Waals surface area contributed by atoms with Gasteiger partial charge in [0.2, 0.25) is 10.0 Å². The molecule has 0 bridgehead atoms. The van der Waals surface area contributed by atoms with Gasteiger partial charge in [0.25, 0.3) is 0 Å². The summed E-state index contributed by atoms with van der Waals surface area (Å²) in [6.07, 6.45) is 3.25. The summed E-state index contributed by atoms with van der Waals surface area (Å²) in [6, 6.07) is 7.96. The molecule has 0 saturated carbocycles. The van der Waals surface area contributed by atoms with Gasteiger partial charge in [0, 0.05) is 32.1 Å². The minimum absolute atomic E-state index is 0.144. The maximum absolute atomic E-state index is 12.5. The largest absolute Gasteiger partial charge is 0.495 e. The zero-order valence-corrected chi connectivity index (χ0v) is 12.7. The van der Waals surface area contributed by atoms with Crippen LogP contribution in [-0.4, -0.2) is 31.9 Å². The Kier molecular flexibility index (Phi) is 4.44. The van der Waals surface area contributed by atoms with Gasteiger partial charge >= 0.3 is 0 Å². The third-order valence-corrected chi connectivity index (χ3v) is 4.87. The number of hydrogen-bond donors (Lipinski definition) is 1. The molecule has 0 aliphatic rings. The van der Waals surface area contributed by atoms with E-state index in [1.165, 1.54) is 36.7 Å². The summed E-state index contributed by atoms with van der Waals surface area (Å²) in [4.78, 5) is 4.05. The van der Waals surface area contributed by atoms with Crippen molar-refractivity contribution in [3.63, 3.8) is 0 Å². The third-order valence-electron chi connectivity index (χ3n) is 3.07. The van der Waals surface area contributed by atoms with Gasteiger partial charge in [-0.2, -0.15) is 4.31 Å². The van der Waals surface area contributed by atoms with Crippen LogP contribution in [0.2, 0.25) is 0 Å². The molecule has 6 nitrogen and oxygen atoms in total. The van der Waals surface area contributed by atoms with Crippen molar-refractivity contribution in [3.8, 4) is 5.75 Å².